The highest BCUT2D eigenvalue weighted by Gasteiger charge is 2.62. The monoisotopic (exact) mass is 266 g/mol. The number of ether oxygens (including phenoxy) is 1. The molecule has 0 heterocycles. The smallest absolute Gasteiger partial charge is 0.0638 e. The molecule has 4 aliphatic rings. The Morgan fingerprint density at radius 1 is 1.16 bits per heavy atom. The average Bonchev–Trinajstić information content (AvgIpc) is 2.24. The van der Waals surface area contributed by atoms with Gasteiger partial charge in [-0.05, 0) is 67.6 Å². The van der Waals surface area contributed by atoms with E-state index < -0.39 is 0 Å². The third-order valence-electron chi connectivity index (χ3n) is 6.10. The van der Waals surface area contributed by atoms with Crippen molar-refractivity contribution in [3.05, 3.63) is 0 Å². The Morgan fingerprint density at radius 2 is 1.79 bits per heavy atom. The van der Waals surface area contributed by atoms with Gasteiger partial charge in [0.05, 0.1) is 12.6 Å². The summed E-state index contributed by atoms with van der Waals surface area (Å²) in [6.07, 6.45) is 8.35. The number of hydrogen-bond donors (Lipinski definition) is 2. The van der Waals surface area contributed by atoms with Gasteiger partial charge >= 0.3 is 0 Å². The Hall–Kier alpha value is -0.120. The predicted octanol–water partition coefficient (Wildman–Crippen LogP) is 2.85. The largest absolute Gasteiger partial charge is 0.380 e. The Labute approximate surface area is 117 Å². The molecule has 4 aliphatic carbocycles. The molecule has 0 radical (unpaired) electrons. The van der Waals surface area contributed by atoms with Crippen molar-refractivity contribution in [1.29, 1.82) is 0 Å². The molecule has 110 valence electrons. The minimum absolute atomic E-state index is 0.328. The standard InChI is InChI=1S/C16H30N2O/c1-4-19-8-13(18-17)16-7-12-5-14(2,10-16)9-15(3,6-12)11-16/h12-13,18H,4-11,17H2,1-3H3. The molecule has 0 aromatic heterocycles. The van der Waals surface area contributed by atoms with Crippen LogP contribution in [0.2, 0.25) is 0 Å². The van der Waals surface area contributed by atoms with Gasteiger partial charge in [-0.25, -0.2) is 0 Å². The minimum atomic E-state index is 0.328. The molecule has 0 aromatic rings. The van der Waals surface area contributed by atoms with Gasteiger partial charge in [-0.15, -0.1) is 0 Å². The molecular formula is C16H30N2O. The van der Waals surface area contributed by atoms with E-state index in [1.807, 2.05) is 0 Å². The third kappa shape index (κ3) is 2.24. The maximum atomic E-state index is 5.89. The van der Waals surface area contributed by atoms with Crippen LogP contribution in [0.25, 0.3) is 0 Å². The summed E-state index contributed by atoms with van der Waals surface area (Å²) in [5, 5.41) is 0. The normalized spacial score (nSPS) is 49.6. The predicted molar refractivity (Wildman–Crippen MR) is 77.4 cm³/mol. The van der Waals surface area contributed by atoms with E-state index in [0.717, 1.165) is 19.1 Å². The lowest BCUT2D eigenvalue weighted by Gasteiger charge is -2.67. The van der Waals surface area contributed by atoms with Crippen LogP contribution in [0.15, 0.2) is 0 Å². The fourth-order valence-corrected chi connectivity index (χ4v) is 6.56. The van der Waals surface area contributed by atoms with Gasteiger partial charge in [0, 0.05) is 6.61 Å². The lowest BCUT2D eigenvalue weighted by Crippen LogP contribution is -2.63. The summed E-state index contributed by atoms with van der Waals surface area (Å²) in [5.74, 6) is 6.81. The summed E-state index contributed by atoms with van der Waals surface area (Å²) >= 11 is 0. The number of nitrogens with one attached hydrogen (secondary N) is 1. The van der Waals surface area contributed by atoms with Gasteiger partial charge in [-0.1, -0.05) is 13.8 Å². The highest BCUT2D eigenvalue weighted by atomic mass is 16.5. The van der Waals surface area contributed by atoms with Gasteiger partial charge in [0.15, 0.2) is 0 Å². The second-order valence-electron chi connectivity index (χ2n) is 8.37. The van der Waals surface area contributed by atoms with Crippen molar-refractivity contribution in [1.82, 2.24) is 5.43 Å². The second-order valence-corrected chi connectivity index (χ2v) is 8.37. The summed E-state index contributed by atoms with van der Waals surface area (Å²) in [6.45, 7) is 8.64. The molecule has 0 aromatic carbocycles. The topological polar surface area (TPSA) is 47.3 Å². The van der Waals surface area contributed by atoms with Gasteiger partial charge < -0.3 is 4.74 Å². The molecule has 4 saturated carbocycles. The summed E-state index contributed by atoms with van der Waals surface area (Å²) < 4.78 is 5.70. The van der Waals surface area contributed by atoms with Crippen LogP contribution in [0.3, 0.4) is 0 Å². The van der Waals surface area contributed by atoms with Crippen LogP contribution in [-0.2, 0) is 4.74 Å². The zero-order valence-corrected chi connectivity index (χ0v) is 12.8. The first-order valence-corrected chi connectivity index (χ1v) is 7.97. The zero-order chi connectivity index (χ0) is 13.7. The highest BCUT2D eigenvalue weighted by Crippen LogP contribution is 2.70. The molecule has 3 atom stereocenters. The van der Waals surface area contributed by atoms with Crippen molar-refractivity contribution in [2.24, 2.45) is 28.0 Å². The fourth-order valence-electron chi connectivity index (χ4n) is 6.56. The van der Waals surface area contributed by atoms with Crippen molar-refractivity contribution >= 4 is 0 Å². The van der Waals surface area contributed by atoms with Crippen LogP contribution in [0.4, 0.5) is 0 Å². The third-order valence-corrected chi connectivity index (χ3v) is 6.10. The molecule has 4 bridgehead atoms. The summed E-state index contributed by atoms with van der Waals surface area (Å²) in [4.78, 5) is 0. The highest BCUT2D eigenvalue weighted by molar-refractivity contribution is 5.13. The van der Waals surface area contributed by atoms with Crippen LogP contribution in [0.5, 0.6) is 0 Å². The number of hydrazine groups is 1. The van der Waals surface area contributed by atoms with Crippen molar-refractivity contribution in [3.63, 3.8) is 0 Å². The maximum Gasteiger partial charge on any atom is 0.0638 e. The van der Waals surface area contributed by atoms with Crippen LogP contribution < -0.4 is 11.3 Å². The maximum absolute atomic E-state index is 5.89. The molecular weight excluding hydrogens is 236 g/mol. The molecule has 19 heavy (non-hydrogen) atoms. The lowest BCUT2D eigenvalue weighted by molar-refractivity contribution is -0.164. The fraction of sp³-hybridized carbons (Fsp3) is 1.00. The molecule has 0 amide bonds. The molecule has 0 saturated heterocycles. The summed E-state index contributed by atoms with van der Waals surface area (Å²) in [6, 6.07) is 0.328. The van der Waals surface area contributed by atoms with E-state index in [-0.39, 0.29) is 0 Å². The quantitative estimate of drug-likeness (QED) is 0.594. The second kappa shape index (κ2) is 4.44. The van der Waals surface area contributed by atoms with E-state index >= 15 is 0 Å². The van der Waals surface area contributed by atoms with Crippen LogP contribution in [0.1, 0.15) is 59.3 Å². The first kappa shape index (κ1) is 13.8. The Morgan fingerprint density at radius 3 is 2.26 bits per heavy atom. The van der Waals surface area contributed by atoms with Gasteiger partial charge in [-0.3, -0.25) is 11.3 Å². The SMILES string of the molecule is CCOCC(NN)C12CC3CC(C)(CC(C)(C3)C1)C2. The first-order chi connectivity index (χ1) is 8.93. The van der Waals surface area contributed by atoms with E-state index in [2.05, 4.69) is 26.2 Å². The number of hydrogen-bond acceptors (Lipinski definition) is 3. The molecule has 4 rings (SSSR count). The minimum Gasteiger partial charge on any atom is -0.380 e. The molecule has 0 spiro atoms. The molecule has 3 nitrogen and oxygen atoms in total. The Balaban J connectivity index is 1.86. The molecule has 3 unspecified atom stereocenters. The molecule has 3 N–H and O–H groups in total. The summed E-state index contributed by atoms with van der Waals surface area (Å²) in [5.41, 5.74) is 4.59. The lowest BCUT2D eigenvalue weighted by atomic mass is 9.39. The van der Waals surface area contributed by atoms with Crippen LogP contribution in [-0.4, -0.2) is 19.3 Å². The number of nitrogens with two attached hydrogens (primary N) is 1. The van der Waals surface area contributed by atoms with Gasteiger partial charge in [0.2, 0.25) is 0 Å². The zero-order valence-electron chi connectivity index (χ0n) is 12.8. The van der Waals surface area contributed by atoms with Gasteiger partial charge in [-0.2, -0.15) is 0 Å². The average molecular weight is 266 g/mol. The van der Waals surface area contributed by atoms with Crippen LogP contribution >= 0.6 is 0 Å². The van der Waals surface area contributed by atoms with Crippen molar-refractivity contribution in [2.45, 2.75) is 65.3 Å². The van der Waals surface area contributed by atoms with Crippen LogP contribution in [0, 0.1) is 22.2 Å². The molecule has 3 heteroatoms. The van der Waals surface area contributed by atoms with Gasteiger partial charge in [0.25, 0.3) is 0 Å². The van der Waals surface area contributed by atoms with E-state index in [0.29, 0.717) is 22.3 Å². The van der Waals surface area contributed by atoms with Crippen molar-refractivity contribution < 1.29 is 4.74 Å². The van der Waals surface area contributed by atoms with E-state index in [4.69, 9.17) is 10.6 Å². The summed E-state index contributed by atoms with van der Waals surface area (Å²) in [7, 11) is 0. The van der Waals surface area contributed by atoms with Crippen molar-refractivity contribution in [3.8, 4) is 0 Å². The van der Waals surface area contributed by atoms with E-state index in [1.165, 1.54) is 38.5 Å². The Bertz CT molecular complexity index is 339. The molecule has 4 fully saturated rings. The van der Waals surface area contributed by atoms with E-state index in [9.17, 15) is 0 Å². The number of rotatable bonds is 5. The van der Waals surface area contributed by atoms with Gasteiger partial charge in [0.1, 0.15) is 0 Å². The van der Waals surface area contributed by atoms with Crippen molar-refractivity contribution in [2.75, 3.05) is 13.2 Å². The Kier molecular flexibility index (Phi) is 3.23. The van der Waals surface area contributed by atoms with E-state index in [1.54, 1.807) is 0 Å². The first-order valence-electron chi connectivity index (χ1n) is 7.97. The molecule has 0 aliphatic heterocycles.